The molecule has 2 rings (SSSR count). The smallest absolute Gasteiger partial charge is 0.227 e. The van der Waals surface area contributed by atoms with Gasteiger partial charge in [0.05, 0.1) is 32.9 Å². The molecule has 0 radical (unpaired) electrons. The molecule has 1 aromatic rings. The quantitative estimate of drug-likeness (QED) is 0.854. The lowest BCUT2D eigenvalue weighted by molar-refractivity contribution is -0.126. The molecule has 7 heteroatoms. The van der Waals surface area contributed by atoms with Gasteiger partial charge in [0, 0.05) is 31.1 Å². The van der Waals surface area contributed by atoms with Gasteiger partial charge in [-0.1, -0.05) is 0 Å². The Balaban J connectivity index is 2.28. The molecule has 0 saturated carbocycles. The van der Waals surface area contributed by atoms with Crippen molar-refractivity contribution < 1.29 is 23.8 Å². The number of nitrogens with zero attached hydrogens (tertiary/aromatic N) is 1. The van der Waals surface area contributed by atoms with E-state index in [2.05, 4.69) is 5.32 Å². The number of ether oxygens (including phenoxy) is 3. The Morgan fingerprint density at radius 3 is 2.21 bits per heavy atom. The highest BCUT2D eigenvalue weighted by Gasteiger charge is 2.36. The minimum Gasteiger partial charge on any atom is -0.493 e. The van der Waals surface area contributed by atoms with Crippen molar-refractivity contribution in [1.82, 2.24) is 5.32 Å². The predicted molar refractivity (Wildman–Crippen MR) is 89.8 cm³/mol. The molecule has 1 atom stereocenters. The van der Waals surface area contributed by atoms with Crippen LogP contribution >= 0.6 is 0 Å². The van der Waals surface area contributed by atoms with Gasteiger partial charge in [0.1, 0.15) is 0 Å². The molecule has 1 N–H and O–H groups in total. The first kappa shape index (κ1) is 17.9. The molecule has 132 valence electrons. The van der Waals surface area contributed by atoms with E-state index in [1.165, 1.54) is 21.3 Å². The number of carbonyl (C=O) groups excluding carboxylic acids is 2. The van der Waals surface area contributed by atoms with Gasteiger partial charge < -0.3 is 24.4 Å². The van der Waals surface area contributed by atoms with E-state index >= 15 is 0 Å². The maximum absolute atomic E-state index is 12.4. The predicted octanol–water partition coefficient (Wildman–Crippen LogP) is 1.59. The first-order valence-corrected chi connectivity index (χ1v) is 7.82. The van der Waals surface area contributed by atoms with E-state index in [-0.39, 0.29) is 30.2 Å². The molecule has 1 aromatic carbocycles. The molecule has 24 heavy (non-hydrogen) atoms. The van der Waals surface area contributed by atoms with Crippen molar-refractivity contribution in [3.05, 3.63) is 12.1 Å². The van der Waals surface area contributed by atoms with E-state index < -0.39 is 0 Å². The maximum atomic E-state index is 12.4. The Morgan fingerprint density at radius 2 is 1.75 bits per heavy atom. The second kappa shape index (κ2) is 7.42. The van der Waals surface area contributed by atoms with Crippen LogP contribution in [0.5, 0.6) is 17.2 Å². The summed E-state index contributed by atoms with van der Waals surface area (Å²) in [5.41, 5.74) is 0.620. The molecule has 1 heterocycles. The molecule has 0 bridgehead atoms. The minimum atomic E-state index is -0.362. The van der Waals surface area contributed by atoms with E-state index in [9.17, 15) is 9.59 Å². The molecule has 1 aliphatic heterocycles. The second-order valence-corrected chi connectivity index (χ2v) is 5.95. The van der Waals surface area contributed by atoms with E-state index in [1.54, 1.807) is 17.0 Å². The van der Waals surface area contributed by atoms with Gasteiger partial charge >= 0.3 is 0 Å². The van der Waals surface area contributed by atoms with E-state index in [0.29, 0.717) is 29.5 Å². The second-order valence-electron chi connectivity index (χ2n) is 5.95. The third-order valence-corrected chi connectivity index (χ3v) is 3.89. The van der Waals surface area contributed by atoms with E-state index in [0.717, 1.165) is 0 Å². The molecule has 7 nitrogen and oxygen atoms in total. The van der Waals surface area contributed by atoms with Gasteiger partial charge in [0.15, 0.2) is 11.5 Å². The lowest BCUT2D eigenvalue weighted by Gasteiger charge is -2.20. The first-order valence-electron chi connectivity index (χ1n) is 7.82. The third-order valence-electron chi connectivity index (χ3n) is 3.89. The fourth-order valence-electron chi connectivity index (χ4n) is 2.76. The van der Waals surface area contributed by atoms with Gasteiger partial charge in [0.25, 0.3) is 0 Å². The molecule has 1 unspecified atom stereocenters. The Labute approximate surface area is 141 Å². The van der Waals surface area contributed by atoms with E-state index in [4.69, 9.17) is 14.2 Å². The number of hydrogen-bond donors (Lipinski definition) is 1. The van der Waals surface area contributed by atoms with Gasteiger partial charge in [-0.3, -0.25) is 9.59 Å². The van der Waals surface area contributed by atoms with Crippen molar-refractivity contribution in [2.24, 2.45) is 5.92 Å². The van der Waals surface area contributed by atoms with Crippen LogP contribution in [0.1, 0.15) is 20.3 Å². The van der Waals surface area contributed by atoms with Gasteiger partial charge in [0.2, 0.25) is 17.6 Å². The number of rotatable bonds is 6. The van der Waals surface area contributed by atoms with Gasteiger partial charge in [-0.05, 0) is 13.8 Å². The van der Waals surface area contributed by atoms with Crippen molar-refractivity contribution >= 4 is 17.5 Å². The highest BCUT2D eigenvalue weighted by Crippen LogP contribution is 2.42. The van der Waals surface area contributed by atoms with Crippen molar-refractivity contribution in [1.29, 1.82) is 0 Å². The summed E-state index contributed by atoms with van der Waals surface area (Å²) in [5, 5.41) is 2.85. The number of amides is 2. The summed E-state index contributed by atoms with van der Waals surface area (Å²) >= 11 is 0. The molecule has 0 spiro atoms. The Kier molecular flexibility index (Phi) is 5.54. The topological polar surface area (TPSA) is 77.1 Å². The van der Waals surface area contributed by atoms with Crippen LogP contribution in [0, 0.1) is 5.92 Å². The number of anilines is 1. The van der Waals surface area contributed by atoms with Crippen molar-refractivity contribution in [3.8, 4) is 17.2 Å². The van der Waals surface area contributed by atoms with Crippen molar-refractivity contribution in [2.75, 3.05) is 32.8 Å². The van der Waals surface area contributed by atoms with Crippen LogP contribution in [0.4, 0.5) is 5.69 Å². The molecule has 0 aliphatic carbocycles. The average Bonchev–Trinajstić information content (AvgIpc) is 2.94. The molecular formula is C17H24N2O5. The number of nitrogens with one attached hydrogen (secondary N) is 1. The maximum Gasteiger partial charge on any atom is 0.227 e. The Hall–Kier alpha value is -2.44. The summed E-state index contributed by atoms with van der Waals surface area (Å²) in [6.07, 6.45) is 0.190. The van der Waals surface area contributed by atoms with Gasteiger partial charge in [-0.2, -0.15) is 0 Å². The molecule has 1 fully saturated rings. The number of benzene rings is 1. The van der Waals surface area contributed by atoms with Crippen molar-refractivity contribution in [3.63, 3.8) is 0 Å². The van der Waals surface area contributed by atoms with E-state index in [1.807, 2.05) is 13.8 Å². The lowest BCUT2D eigenvalue weighted by atomic mass is 10.1. The molecular weight excluding hydrogens is 312 g/mol. The number of carbonyl (C=O) groups is 2. The molecule has 1 saturated heterocycles. The standard InChI is InChI=1S/C17H24N2O5/c1-10(2)18-17(21)11-6-15(20)19(9-11)12-7-13(22-3)16(24-5)14(8-12)23-4/h7-8,10-11H,6,9H2,1-5H3,(H,18,21). The number of methoxy groups -OCH3 is 3. The summed E-state index contributed by atoms with van der Waals surface area (Å²) < 4.78 is 15.9. The summed E-state index contributed by atoms with van der Waals surface area (Å²) in [5.74, 6) is 0.828. The fourth-order valence-corrected chi connectivity index (χ4v) is 2.76. The molecule has 2 amide bonds. The van der Waals surface area contributed by atoms with Crippen LogP contribution < -0.4 is 24.4 Å². The monoisotopic (exact) mass is 336 g/mol. The minimum absolute atomic E-state index is 0.0443. The van der Waals surface area contributed by atoms with Crippen LogP contribution in [0.25, 0.3) is 0 Å². The van der Waals surface area contributed by atoms with Crippen LogP contribution in [0.2, 0.25) is 0 Å². The highest BCUT2D eigenvalue weighted by molar-refractivity contribution is 6.00. The first-order chi connectivity index (χ1) is 11.4. The fraction of sp³-hybridized carbons (Fsp3) is 0.529. The van der Waals surface area contributed by atoms with Crippen LogP contribution in [-0.2, 0) is 9.59 Å². The summed E-state index contributed by atoms with van der Waals surface area (Å²) in [6, 6.07) is 3.46. The lowest BCUT2D eigenvalue weighted by Crippen LogP contribution is -2.36. The number of hydrogen-bond acceptors (Lipinski definition) is 5. The Morgan fingerprint density at radius 1 is 1.17 bits per heavy atom. The summed E-state index contributed by atoms with van der Waals surface area (Å²) in [7, 11) is 4.56. The van der Waals surface area contributed by atoms with Crippen LogP contribution in [0.15, 0.2) is 12.1 Å². The summed E-state index contributed by atoms with van der Waals surface area (Å²) in [6.45, 7) is 4.12. The van der Waals surface area contributed by atoms with Crippen LogP contribution in [0.3, 0.4) is 0 Å². The summed E-state index contributed by atoms with van der Waals surface area (Å²) in [4.78, 5) is 26.1. The zero-order valence-electron chi connectivity index (χ0n) is 14.7. The van der Waals surface area contributed by atoms with Crippen LogP contribution in [-0.4, -0.2) is 45.7 Å². The zero-order valence-corrected chi connectivity index (χ0v) is 14.7. The molecule has 1 aliphatic rings. The molecule has 0 aromatic heterocycles. The van der Waals surface area contributed by atoms with Gasteiger partial charge in [-0.25, -0.2) is 0 Å². The third kappa shape index (κ3) is 3.55. The Bertz CT molecular complexity index is 604. The van der Waals surface area contributed by atoms with Gasteiger partial charge in [-0.15, -0.1) is 0 Å². The average molecular weight is 336 g/mol. The normalized spacial score (nSPS) is 17.2. The largest absolute Gasteiger partial charge is 0.493 e. The highest BCUT2D eigenvalue weighted by atomic mass is 16.5. The SMILES string of the molecule is COc1cc(N2CC(C(=O)NC(C)C)CC2=O)cc(OC)c1OC. The van der Waals surface area contributed by atoms with Crippen molar-refractivity contribution in [2.45, 2.75) is 26.3 Å². The zero-order chi connectivity index (χ0) is 17.9.